The van der Waals surface area contributed by atoms with Crippen molar-refractivity contribution in [3.63, 3.8) is 0 Å². The van der Waals surface area contributed by atoms with E-state index in [4.69, 9.17) is 0 Å². The summed E-state index contributed by atoms with van der Waals surface area (Å²) in [4.78, 5) is 0.320. The minimum atomic E-state index is -3.72. The van der Waals surface area contributed by atoms with Gasteiger partial charge in [-0.25, -0.2) is 12.7 Å². The molecular weight excluding hydrogens is 318 g/mol. The summed E-state index contributed by atoms with van der Waals surface area (Å²) < 4.78 is 28.2. The smallest absolute Gasteiger partial charge is 0.235 e. The van der Waals surface area contributed by atoms with Crippen LogP contribution in [0.15, 0.2) is 83.8 Å². The van der Waals surface area contributed by atoms with Crippen LogP contribution in [0, 0.1) is 13.8 Å². The number of benzene rings is 3. The monoisotopic (exact) mass is 337 g/mol. The molecule has 0 aliphatic carbocycles. The van der Waals surface area contributed by atoms with E-state index in [0.717, 1.165) is 11.1 Å². The fourth-order valence-corrected chi connectivity index (χ4v) is 4.44. The van der Waals surface area contributed by atoms with Crippen molar-refractivity contribution < 1.29 is 8.42 Å². The fourth-order valence-electron chi connectivity index (χ4n) is 2.74. The Balaban J connectivity index is 2.22. The van der Waals surface area contributed by atoms with E-state index in [1.807, 2.05) is 62.4 Å². The third-order valence-electron chi connectivity index (χ3n) is 3.83. The van der Waals surface area contributed by atoms with Gasteiger partial charge in [-0.3, -0.25) is 0 Å². The molecule has 0 atom stereocenters. The molecule has 0 aromatic heterocycles. The molecule has 0 heterocycles. The third kappa shape index (κ3) is 3.05. The van der Waals surface area contributed by atoms with Gasteiger partial charge in [0, 0.05) is 0 Å². The minimum Gasteiger partial charge on any atom is -0.235 e. The number of para-hydroxylation sites is 2. The second-order valence-electron chi connectivity index (χ2n) is 5.71. The number of aryl methyl sites for hydroxylation is 2. The third-order valence-corrected chi connectivity index (χ3v) is 5.75. The zero-order chi connectivity index (χ0) is 17.2. The number of nitrogens with zero attached hydrogens (tertiary/aromatic N) is 1. The molecule has 0 unspecified atom stereocenters. The Bertz CT molecular complexity index is 896. The quantitative estimate of drug-likeness (QED) is 0.684. The molecule has 3 aromatic carbocycles. The van der Waals surface area contributed by atoms with Crippen LogP contribution in [-0.2, 0) is 10.0 Å². The first-order valence-corrected chi connectivity index (χ1v) is 9.17. The molecule has 24 heavy (non-hydrogen) atoms. The van der Waals surface area contributed by atoms with E-state index in [1.165, 1.54) is 4.31 Å². The van der Waals surface area contributed by atoms with Gasteiger partial charge in [0.25, 0.3) is 10.0 Å². The molecule has 122 valence electrons. The van der Waals surface area contributed by atoms with Crippen LogP contribution in [0.2, 0.25) is 0 Å². The lowest BCUT2D eigenvalue weighted by Gasteiger charge is -2.25. The van der Waals surface area contributed by atoms with E-state index in [9.17, 15) is 8.42 Å². The Hall–Kier alpha value is -2.59. The van der Waals surface area contributed by atoms with Gasteiger partial charge in [0.15, 0.2) is 0 Å². The van der Waals surface area contributed by atoms with Gasteiger partial charge in [-0.05, 0) is 49.7 Å². The van der Waals surface area contributed by atoms with Crippen molar-refractivity contribution in [3.8, 4) is 0 Å². The molecular formula is C20H19NO2S. The number of sulfonamides is 1. The van der Waals surface area contributed by atoms with Crippen LogP contribution in [0.4, 0.5) is 11.4 Å². The molecule has 3 nitrogen and oxygen atoms in total. The maximum Gasteiger partial charge on any atom is 0.268 e. The molecule has 0 N–H and O–H groups in total. The Morgan fingerprint density at radius 3 is 1.67 bits per heavy atom. The van der Waals surface area contributed by atoms with E-state index in [2.05, 4.69) is 0 Å². The Morgan fingerprint density at radius 2 is 1.21 bits per heavy atom. The van der Waals surface area contributed by atoms with Gasteiger partial charge in [0.05, 0.1) is 16.3 Å². The summed E-state index contributed by atoms with van der Waals surface area (Å²) in [7, 11) is -3.72. The second-order valence-corrected chi connectivity index (χ2v) is 7.46. The predicted molar refractivity (Wildman–Crippen MR) is 98.1 cm³/mol. The van der Waals surface area contributed by atoms with Crippen molar-refractivity contribution in [3.05, 3.63) is 90.0 Å². The molecule has 0 saturated heterocycles. The van der Waals surface area contributed by atoms with Crippen molar-refractivity contribution in [2.45, 2.75) is 18.7 Å². The molecule has 0 fully saturated rings. The van der Waals surface area contributed by atoms with Crippen LogP contribution in [-0.4, -0.2) is 8.42 Å². The average molecular weight is 337 g/mol. The number of rotatable bonds is 4. The van der Waals surface area contributed by atoms with E-state index in [-0.39, 0.29) is 0 Å². The number of hydrogen-bond donors (Lipinski definition) is 0. The van der Waals surface area contributed by atoms with Crippen LogP contribution in [0.5, 0.6) is 0 Å². The molecule has 0 aliphatic rings. The first kappa shape index (κ1) is 16.3. The summed E-state index contributed by atoms with van der Waals surface area (Å²) in [5.41, 5.74) is 3.01. The summed E-state index contributed by atoms with van der Waals surface area (Å²) in [6.45, 7) is 3.78. The van der Waals surface area contributed by atoms with Gasteiger partial charge in [-0.15, -0.1) is 0 Å². The summed E-state index contributed by atoms with van der Waals surface area (Å²) in [6.07, 6.45) is 0. The van der Waals surface area contributed by atoms with Crippen molar-refractivity contribution in [1.29, 1.82) is 0 Å². The maximum absolute atomic E-state index is 13.4. The molecule has 0 spiro atoms. The summed E-state index contributed by atoms with van der Waals surface area (Å²) in [6, 6.07) is 23.7. The normalized spacial score (nSPS) is 11.2. The molecule has 0 saturated carbocycles. The summed E-state index contributed by atoms with van der Waals surface area (Å²) in [5.74, 6) is 0. The Morgan fingerprint density at radius 1 is 0.708 bits per heavy atom. The Kier molecular flexibility index (Phi) is 4.40. The number of anilines is 2. The van der Waals surface area contributed by atoms with E-state index in [1.54, 1.807) is 30.3 Å². The standard InChI is InChI=1S/C20H19NO2S/c1-16-13-14-20(17(2)15-16)24(22,23)21(18-9-5-3-6-10-18)19-11-7-4-8-12-19/h3-15H,1-2H3. The highest BCUT2D eigenvalue weighted by Gasteiger charge is 2.27. The second kappa shape index (κ2) is 6.49. The van der Waals surface area contributed by atoms with Gasteiger partial charge in [0.1, 0.15) is 0 Å². The van der Waals surface area contributed by atoms with E-state index in [0.29, 0.717) is 16.3 Å². The largest absolute Gasteiger partial charge is 0.268 e. The molecule has 0 radical (unpaired) electrons. The first-order valence-electron chi connectivity index (χ1n) is 7.73. The maximum atomic E-state index is 13.4. The van der Waals surface area contributed by atoms with Crippen LogP contribution in [0.1, 0.15) is 11.1 Å². The van der Waals surface area contributed by atoms with Crippen LogP contribution in [0.3, 0.4) is 0 Å². The van der Waals surface area contributed by atoms with Crippen LogP contribution in [0.25, 0.3) is 0 Å². The van der Waals surface area contributed by atoms with E-state index >= 15 is 0 Å². The molecule has 0 amide bonds. The van der Waals surface area contributed by atoms with Gasteiger partial charge in [-0.1, -0.05) is 54.1 Å². The SMILES string of the molecule is Cc1ccc(S(=O)(=O)N(c2ccccc2)c2ccccc2)c(C)c1. The Labute approximate surface area is 143 Å². The van der Waals surface area contributed by atoms with Gasteiger partial charge in [0.2, 0.25) is 0 Å². The first-order chi connectivity index (χ1) is 11.5. The summed E-state index contributed by atoms with van der Waals surface area (Å²) in [5, 5.41) is 0. The highest BCUT2D eigenvalue weighted by Crippen LogP contribution is 2.33. The zero-order valence-corrected chi connectivity index (χ0v) is 14.5. The zero-order valence-electron chi connectivity index (χ0n) is 13.7. The van der Waals surface area contributed by atoms with Gasteiger partial charge < -0.3 is 0 Å². The van der Waals surface area contributed by atoms with Gasteiger partial charge in [-0.2, -0.15) is 0 Å². The highest BCUT2D eigenvalue weighted by molar-refractivity contribution is 7.93. The lowest BCUT2D eigenvalue weighted by Crippen LogP contribution is -2.26. The molecule has 0 aliphatic heterocycles. The van der Waals surface area contributed by atoms with E-state index < -0.39 is 10.0 Å². The van der Waals surface area contributed by atoms with Crippen molar-refractivity contribution in [2.24, 2.45) is 0 Å². The van der Waals surface area contributed by atoms with Crippen LogP contribution >= 0.6 is 0 Å². The van der Waals surface area contributed by atoms with Crippen molar-refractivity contribution in [2.75, 3.05) is 4.31 Å². The average Bonchev–Trinajstić information content (AvgIpc) is 2.56. The lowest BCUT2D eigenvalue weighted by molar-refractivity contribution is 0.595. The highest BCUT2D eigenvalue weighted by atomic mass is 32.2. The lowest BCUT2D eigenvalue weighted by atomic mass is 10.2. The van der Waals surface area contributed by atoms with Gasteiger partial charge >= 0.3 is 0 Å². The predicted octanol–water partition coefficient (Wildman–Crippen LogP) is 4.83. The van der Waals surface area contributed by atoms with Crippen molar-refractivity contribution >= 4 is 21.4 Å². The molecule has 3 rings (SSSR count). The topological polar surface area (TPSA) is 37.4 Å². The minimum absolute atomic E-state index is 0.320. The number of hydrogen-bond acceptors (Lipinski definition) is 2. The van der Waals surface area contributed by atoms with Crippen molar-refractivity contribution in [1.82, 2.24) is 0 Å². The fraction of sp³-hybridized carbons (Fsp3) is 0.100. The summed E-state index contributed by atoms with van der Waals surface area (Å²) >= 11 is 0. The molecule has 0 bridgehead atoms. The molecule has 4 heteroatoms. The van der Waals surface area contributed by atoms with Crippen LogP contribution < -0.4 is 4.31 Å². The molecule has 3 aromatic rings.